The second-order valence-electron chi connectivity index (χ2n) is 5.67. The minimum Gasteiger partial charge on any atom is -0.342 e. The van der Waals surface area contributed by atoms with Crippen molar-refractivity contribution in [1.82, 2.24) is 4.90 Å². The molecule has 0 atom stereocenters. The number of amides is 2. The number of benzene rings is 2. The third kappa shape index (κ3) is 5.99. The Hall–Kier alpha value is -2.76. The van der Waals surface area contributed by atoms with Gasteiger partial charge in [0.2, 0.25) is 11.8 Å². The lowest BCUT2D eigenvalue weighted by Crippen LogP contribution is -2.33. The van der Waals surface area contributed by atoms with E-state index in [2.05, 4.69) is 5.32 Å². The maximum Gasteiger partial charge on any atom is 0.226 e. The molecule has 4 nitrogen and oxygen atoms in total. The van der Waals surface area contributed by atoms with Gasteiger partial charge < -0.3 is 10.2 Å². The van der Waals surface area contributed by atoms with Crippen LogP contribution in [-0.4, -0.2) is 29.8 Å². The van der Waals surface area contributed by atoms with Crippen LogP contribution in [0.1, 0.15) is 18.9 Å². The highest BCUT2D eigenvalue weighted by molar-refractivity contribution is 5.91. The predicted octanol–water partition coefficient (Wildman–Crippen LogP) is 3.38. The Morgan fingerprint density at radius 3 is 2.36 bits per heavy atom. The SMILES string of the molecule is CC(=O)N(CCC(=O)Nc1ccc(F)c(F)c1)CCc1ccccc1. The molecule has 2 aromatic carbocycles. The van der Waals surface area contributed by atoms with Gasteiger partial charge in [-0.2, -0.15) is 0 Å². The zero-order chi connectivity index (χ0) is 18.2. The summed E-state index contributed by atoms with van der Waals surface area (Å²) in [6, 6.07) is 12.9. The number of hydrogen-bond donors (Lipinski definition) is 1. The van der Waals surface area contributed by atoms with Gasteiger partial charge in [0.25, 0.3) is 0 Å². The van der Waals surface area contributed by atoms with Crippen molar-refractivity contribution in [2.75, 3.05) is 18.4 Å². The number of anilines is 1. The van der Waals surface area contributed by atoms with E-state index in [9.17, 15) is 18.4 Å². The average Bonchev–Trinajstić information content (AvgIpc) is 2.58. The summed E-state index contributed by atoms with van der Waals surface area (Å²) in [5.41, 5.74) is 1.29. The van der Waals surface area contributed by atoms with Crippen LogP contribution in [0.15, 0.2) is 48.5 Å². The first kappa shape index (κ1) is 18.6. The first-order valence-corrected chi connectivity index (χ1v) is 8.00. The van der Waals surface area contributed by atoms with E-state index in [1.54, 1.807) is 4.90 Å². The average molecular weight is 346 g/mol. The zero-order valence-corrected chi connectivity index (χ0v) is 14.0. The molecule has 0 fully saturated rings. The molecule has 0 saturated heterocycles. The molecule has 6 heteroatoms. The number of rotatable bonds is 7. The molecule has 0 aliphatic heterocycles. The Labute approximate surface area is 145 Å². The highest BCUT2D eigenvalue weighted by Gasteiger charge is 2.12. The first-order chi connectivity index (χ1) is 12.0. The molecule has 0 bridgehead atoms. The molecule has 0 aliphatic rings. The summed E-state index contributed by atoms with van der Waals surface area (Å²) in [6.07, 6.45) is 0.776. The Bertz CT molecular complexity index is 735. The van der Waals surface area contributed by atoms with Crippen LogP contribution in [-0.2, 0) is 16.0 Å². The number of nitrogens with zero attached hydrogens (tertiary/aromatic N) is 1. The van der Waals surface area contributed by atoms with Crippen LogP contribution in [0.2, 0.25) is 0 Å². The van der Waals surface area contributed by atoms with Crippen molar-refractivity contribution in [2.24, 2.45) is 0 Å². The normalized spacial score (nSPS) is 10.4. The third-order valence-electron chi connectivity index (χ3n) is 3.77. The smallest absolute Gasteiger partial charge is 0.226 e. The molecule has 2 aromatic rings. The fourth-order valence-electron chi connectivity index (χ4n) is 2.37. The fraction of sp³-hybridized carbons (Fsp3) is 0.263. The summed E-state index contributed by atoms with van der Waals surface area (Å²) in [5, 5.41) is 2.49. The third-order valence-corrected chi connectivity index (χ3v) is 3.77. The minimum atomic E-state index is -1.02. The monoisotopic (exact) mass is 346 g/mol. The van der Waals surface area contributed by atoms with E-state index in [1.807, 2.05) is 30.3 Å². The maximum absolute atomic E-state index is 13.1. The molecule has 2 amide bonds. The Morgan fingerprint density at radius 2 is 1.72 bits per heavy atom. The van der Waals surface area contributed by atoms with E-state index in [0.717, 1.165) is 17.7 Å². The van der Waals surface area contributed by atoms with Crippen LogP contribution in [0.5, 0.6) is 0 Å². The van der Waals surface area contributed by atoms with Crippen LogP contribution in [0.3, 0.4) is 0 Å². The van der Waals surface area contributed by atoms with Gasteiger partial charge in [-0.3, -0.25) is 9.59 Å². The molecule has 0 saturated carbocycles. The second kappa shape index (κ2) is 8.92. The minimum absolute atomic E-state index is 0.0768. The van der Waals surface area contributed by atoms with Crippen LogP contribution in [0.25, 0.3) is 0 Å². The number of carbonyl (C=O) groups excluding carboxylic acids is 2. The second-order valence-corrected chi connectivity index (χ2v) is 5.67. The molecule has 0 unspecified atom stereocenters. The predicted molar refractivity (Wildman–Crippen MR) is 92.0 cm³/mol. The standard InChI is InChI=1S/C19H20F2N2O2/c1-14(24)23(11-9-15-5-3-2-4-6-15)12-10-19(25)22-16-7-8-17(20)18(21)13-16/h2-8,13H,9-12H2,1H3,(H,22,25). The van der Waals surface area contributed by atoms with Gasteiger partial charge in [-0.1, -0.05) is 30.3 Å². The zero-order valence-electron chi connectivity index (χ0n) is 14.0. The van der Waals surface area contributed by atoms with Crippen molar-refractivity contribution >= 4 is 17.5 Å². The molecule has 0 heterocycles. The molecule has 0 aromatic heterocycles. The summed E-state index contributed by atoms with van der Waals surface area (Å²) in [6.45, 7) is 2.23. The van der Waals surface area contributed by atoms with Crippen molar-refractivity contribution in [3.8, 4) is 0 Å². The molecular weight excluding hydrogens is 326 g/mol. The molecule has 0 spiro atoms. The van der Waals surface area contributed by atoms with Crippen molar-refractivity contribution < 1.29 is 18.4 Å². The molecule has 132 valence electrons. The number of hydrogen-bond acceptors (Lipinski definition) is 2. The van der Waals surface area contributed by atoms with Crippen LogP contribution < -0.4 is 5.32 Å². The topological polar surface area (TPSA) is 49.4 Å². The lowest BCUT2D eigenvalue weighted by atomic mass is 10.1. The first-order valence-electron chi connectivity index (χ1n) is 8.00. The van der Waals surface area contributed by atoms with Crippen LogP contribution in [0.4, 0.5) is 14.5 Å². The van der Waals surface area contributed by atoms with E-state index in [1.165, 1.54) is 13.0 Å². The van der Waals surface area contributed by atoms with Crippen molar-refractivity contribution in [3.05, 3.63) is 65.7 Å². The maximum atomic E-state index is 13.1. The Morgan fingerprint density at radius 1 is 1.00 bits per heavy atom. The summed E-state index contributed by atoms with van der Waals surface area (Å²) < 4.78 is 26.0. The fourth-order valence-corrected chi connectivity index (χ4v) is 2.37. The van der Waals surface area contributed by atoms with Gasteiger partial charge in [-0.25, -0.2) is 8.78 Å². The summed E-state index contributed by atoms with van der Waals surface area (Å²) in [4.78, 5) is 25.3. The van der Waals surface area contributed by atoms with E-state index >= 15 is 0 Å². The summed E-state index contributed by atoms with van der Waals surface area (Å²) >= 11 is 0. The number of carbonyl (C=O) groups is 2. The highest BCUT2D eigenvalue weighted by atomic mass is 19.2. The summed E-state index contributed by atoms with van der Waals surface area (Å²) in [7, 11) is 0. The van der Waals surface area contributed by atoms with E-state index in [0.29, 0.717) is 13.0 Å². The molecular formula is C19H20F2N2O2. The quantitative estimate of drug-likeness (QED) is 0.835. The molecule has 25 heavy (non-hydrogen) atoms. The molecule has 0 aliphatic carbocycles. The van der Waals surface area contributed by atoms with Crippen molar-refractivity contribution in [2.45, 2.75) is 19.8 Å². The summed E-state index contributed by atoms with van der Waals surface area (Å²) in [5.74, 6) is -2.47. The van der Waals surface area contributed by atoms with Gasteiger partial charge in [0, 0.05) is 38.2 Å². The number of halogens is 2. The molecule has 0 radical (unpaired) electrons. The van der Waals surface area contributed by atoms with Gasteiger partial charge in [0.1, 0.15) is 0 Å². The van der Waals surface area contributed by atoms with E-state index < -0.39 is 11.6 Å². The Balaban J connectivity index is 1.84. The van der Waals surface area contributed by atoms with Crippen LogP contribution >= 0.6 is 0 Å². The number of nitrogens with one attached hydrogen (secondary N) is 1. The van der Waals surface area contributed by atoms with Gasteiger partial charge in [0.05, 0.1) is 0 Å². The largest absolute Gasteiger partial charge is 0.342 e. The van der Waals surface area contributed by atoms with Gasteiger partial charge in [-0.15, -0.1) is 0 Å². The lowest BCUT2D eigenvalue weighted by Gasteiger charge is -2.21. The van der Waals surface area contributed by atoms with Crippen molar-refractivity contribution in [3.63, 3.8) is 0 Å². The van der Waals surface area contributed by atoms with E-state index in [4.69, 9.17) is 0 Å². The van der Waals surface area contributed by atoms with Crippen LogP contribution in [0, 0.1) is 11.6 Å². The van der Waals surface area contributed by atoms with Crippen molar-refractivity contribution in [1.29, 1.82) is 0 Å². The highest BCUT2D eigenvalue weighted by Crippen LogP contribution is 2.13. The lowest BCUT2D eigenvalue weighted by molar-refractivity contribution is -0.129. The Kier molecular flexibility index (Phi) is 6.62. The molecule has 2 rings (SSSR count). The molecule has 1 N–H and O–H groups in total. The van der Waals surface area contributed by atoms with Gasteiger partial charge in [0.15, 0.2) is 11.6 Å². The van der Waals surface area contributed by atoms with E-state index in [-0.39, 0.29) is 30.5 Å². The van der Waals surface area contributed by atoms with Gasteiger partial charge in [-0.05, 0) is 24.1 Å². The van der Waals surface area contributed by atoms with Gasteiger partial charge >= 0.3 is 0 Å².